The van der Waals surface area contributed by atoms with E-state index in [1.165, 1.54) is 13.0 Å². The van der Waals surface area contributed by atoms with E-state index in [1.807, 2.05) is 0 Å². The number of nitrogens with one attached hydrogen (secondary N) is 1. The van der Waals surface area contributed by atoms with Gasteiger partial charge in [0.05, 0.1) is 12.7 Å². The molecule has 0 aliphatic carbocycles. The lowest BCUT2D eigenvalue weighted by molar-refractivity contribution is -0.192. The number of alkyl halides is 2. The first-order valence-corrected chi connectivity index (χ1v) is 14.4. The Morgan fingerprint density at radius 2 is 1.88 bits per heavy atom. The highest BCUT2D eigenvalue weighted by Crippen LogP contribution is 2.50. The SMILES string of the molecule is CC(C)OC(=O)[C@H](C)NP(=O)(OC[C@@]1(C(F)F)O[C@@H](n2ccc(N)nc2=O)[C@H](O)[C@@H]1O)Oc1cccc2ccccc12. The number of hydrogen-bond donors (Lipinski definition) is 4. The fraction of sp³-hybridized carbons (Fsp3) is 0.423. The Morgan fingerprint density at radius 3 is 2.55 bits per heavy atom. The molecule has 1 aliphatic heterocycles. The Labute approximate surface area is 238 Å². The molecule has 4 rings (SSSR count). The number of benzene rings is 2. The number of esters is 1. The number of anilines is 1. The standard InChI is InChI=1S/C26H31F2N4O9P/c1-14(2)39-23(35)15(3)31-42(37,41-18-10-6-8-16-7-4-5-9-17(16)18)38-13-26(24(27)28)21(34)20(33)22(40-26)32-12-11-19(29)30-25(32)36/h4-12,14-15,20-22,24,33-34H,13H2,1-3H3,(H,31,37)(H2,29,30,36)/t15-,20+,21-,22+,26+,42?/m0/s1. The number of halogens is 2. The van der Waals surface area contributed by atoms with Gasteiger partial charge in [0, 0.05) is 11.6 Å². The van der Waals surface area contributed by atoms with Gasteiger partial charge >= 0.3 is 19.4 Å². The predicted molar refractivity (Wildman–Crippen MR) is 146 cm³/mol. The van der Waals surface area contributed by atoms with Crippen LogP contribution in [0.3, 0.4) is 0 Å². The van der Waals surface area contributed by atoms with Gasteiger partial charge in [0.2, 0.25) is 0 Å². The highest BCUT2D eigenvalue weighted by molar-refractivity contribution is 7.52. The average molecular weight is 613 g/mol. The van der Waals surface area contributed by atoms with Gasteiger partial charge in [0.15, 0.2) is 11.8 Å². The molecule has 3 aromatic rings. The molecule has 2 aromatic carbocycles. The lowest BCUT2D eigenvalue weighted by atomic mass is 9.96. The molecule has 0 amide bonds. The minimum atomic E-state index is -4.74. The minimum absolute atomic E-state index is 0.0322. The van der Waals surface area contributed by atoms with Crippen LogP contribution in [0.4, 0.5) is 14.6 Å². The summed E-state index contributed by atoms with van der Waals surface area (Å²) in [5, 5.41) is 24.9. The number of nitrogen functional groups attached to an aromatic ring is 1. The summed E-state index contributed by atoms with van der Waals surface area (Å²) in [6.07, 6.45) is -9.22. The smallest absolute Gasteiger partial charge is 0.459 e. The number of rotatable bonds is 11. The van der Waals surface area contributed by atoms with E-state index >= 15 is 0 Å². The molecule has 42 heavy (non-hydrogen) atoms. The van der Waals surface area contributed by atoms with Crippen LogP contribution < -0.4 is 21.0 Å². The lowest BCUT2D eigenvalue weighted by Crippen LogP contribution is -2.53. The van der Waals surface area contributed by atoms with Crippen molar-refractivity contribution in [2.24, 2.45) is 0 Å². The average Bonchev–Trinajstić information content (AvgIpc) is 3.18. The zero-order valence-corrected chi connectivity index (χ0v) is 23.7. The van der Waals surface area contributed by atoms with E-state index in [4.69, 9.17) is 24.3 Å². The highest BCUT2D eigenvalue weighted by atomic mass is 31.2. The number of fused-ring (bicyclic) bond motifs is 1. The second-order valence-electron chi connectivity index (χ2n) is 9.92. The molecule has 1 unspecified atom stereocenters. The van der Waals surface area contributed by atoms with Crippen LogP contribution in [0.5, 0.6) is 5.75 Å². The van der Waals surface area contributed by atoms with Crippen LogP contribution in [-0.2, 0) is 23.4 Å². The van der Waals surface area contributed by atoms with Gasteiger partial charge in [-0.1, -0.05) is 36.4 Å². The molecule has 1 aliphatic rings. The predicted octanol–water partition coefficient (Wildman–Crippen LogP) is 2.37. The zero-order chi connectivity index (χ0) is 30.8. The second kappa shape index (κ2) is 12.4. The number of aliphatic hydroxyl groups is 2. The van der Waals surface area contributed by atoms with E-state index < -0.39 is 68.6 Å². The number of hydrogen-bond acceptors (Lipinski definition) is 11. The summed E-state index contributed by atoms with van der Waals surface area (Å²) in [5.41, 5.74) is 1.43. The van der Waals surface area contributed by atoms with Crippen molar-refractivity contribution in [3.63, 3.8) is 0 Å². The van der Waals surface area contributed by atoms with E-state index in [1.54, 1.807) is 50.2 Å². The van der Waals surface area contributed by atoms with Crippen molar-refractivity contribution in [1.29, 1.82) is 0 Å². The molecule has 0 spiro atoms. The third-order valence-electron chi connectivity index (χ3n) is 6.44. The number of aromatic nitrogens is 2. The Bertz CT molecular complexity index is 1540. The first-order valence-electron chi connectivity index (χ1n) is 12.8. The van der Waals surface area contributed by atoms with Crippen LogP contribution in [0.2, 0.25) is 0 Å². The van der Waals surface area contributed by atoms with Crippen LogP contribution in [0.25, 0.3) is 10.8 Å². The Morgan fingerprint density at radius 1 is 1.19 bits per heavy atom. The molecule has 16 heteroatoms. The van der Waals surface area contributed by atoms with Crippen LogP contribution in [-0.4, -0.2) is 68.7 Å². The molecule has 0 bridgehead atoms. The zero-order valence-electron chi connectivity index (χ0n) is 22.8. The molecule has 1 fully saturated rings. The van der Waals surface area contributed by atoms with Crippen LogP contribution in [0, 0.1) is 0 Å². The summed E-state index contributed by atoms with van der Waals surface area (Å²) < 4.78 is 65.6. The largest absolute Gasteiger partial charge is 0.462 e. The first kappa shape index (κ1) is 31.5. The Hall–Kier alpha value is -3.46. The molecule has 13 nitrogen and oxygen atoms in total. The minimum Gasteiger partial charge on any atom is -0.462 e. The van der Waals surface area contributed by atoms with Crippen molar-refractivity contribution >= 4 is 30.3 Å². The summed E-state index contributed by atoms with van der Waals surface area (Å²) in [6, 6.07) is 11.6. The summed E-state index contributed by atoms with van der Waals surface area (Å²) >= 11 is 0. The van der Waals surface area contributed by atoms with Gasteiger partial charge in [-0.25, -0.2) is 18.1 Å². The van der Waals surface area contributed by atoms with E-state index in [0.29, 0.717) is 15.3 Å². The van der Waals surface area contributed by atoms with Crippen molar-refractivity contribution in [2.45, 2.75) is 63.4 Å². The molecule has 1 aromatic heterocycles. The number of aliphatic hydroxyl groups excluding tert-OH is 2. The van der Waals surface area contributed by atoms with Crippen molar-refractivity contribution in [2.75, 3.05) is 12.3 Å². The number of carbonyl (C=O) groups is 1. The van der Waals surface area contributed by atoms with E-state index in [-0.39, 0.29) is 11.6 Å². The molecule has 2 heterocycles. The topological polar surface area (TPSA) is 184 Å². The number of nitrogens with zero attached hydrogens (tertiary/aromatic N) is 2. The van der Waals surface area contributed by atoms with Crippen molar-refractivity contribution in [3.05, 3.63) is 65.2 Å². The Balaban J connectivity index is 1.67. The number of ether oxygens (including phenoxy) is 2. The van der Waals surface area contributed by atoms with Gasteiger partial charge in [-0.15, -0.1) is 0 Å². The molecule has 0 saturated carbocycles. The van der Waals surface area contributed by atoms with Crippen molar-refractivity contribution in [1.82, 2.24) is 14.6 Å². The van der Waals surface area contributed by atoms with Gasteiger partial charge in [0.25, 0.3) is 6.43 Å². The quantitative estimate of drug-likeness (QED) is 0.183. The van der Waals surface area contributed by atoms with Gasteiger partial charge in [-0.2, -0.15) is 10.1 Å². The summed E-state index contributed by atoms with van der Waals surface area (Å²) in [6.45, 7) is 3.19. The molecule has 6 atom stereocenters. The third-order valence-corrected chi connectivity index (χ3v) is 8.05. The van der Waals surface area contributed by atoms with Gasteiger partial charge in [-0.3, -0.25) is 13.9 Å². The van der Waals surface area contributed by atoms with Crippen LogP contribution in [0.1, 0.15) is 27.0 Å². The summed E-state index contributed by atoms with van der Waals surface area (Å²) in [7, 11) is -4.74. The number of carbonyl (C=O) groups excluding carboxylic acids is 1. The monoisotopic (exact) mass is 612 g/mol. The molecular weight excluding hydrogens is 581 g/mol. The molecule has 5 N–H and O–H groups in total. The van der Waals surface area contributed by atoms with Crippen LogP contribution >= 0.6 is 7.75 Å². The summed E-state index contributed by atoms with van der Waals surface area (Å²) in [4.78, 5) is 28.3. The maximum absolute atomic E-state index is 14.6. The fourth-order valence-electron chi connectivity index (χ4n) is 4.32. The highest BCUT2D eigenvalue weighted by Gasteiger charge is 2.61. The van der Waals surface area contributed by atoms with E-state index in [9.17, 15) is 33.1 Å². The van der Waals surface area contributed by atoms with E-state index in [2.05, 4.69) is 10.1 Å². The maximum atomic E-state index is 14.6. The molecular formula is C26H31F2N4O9P. The normalized spacial score (nSPS) is 24.5. The second-order valence-corrected chi connectivity index (χ2v) is 11.6. The van der Waals surface area contributed by atoms with Gasteiger partial charge in [0.1, 0.15) is 29.8 Å². The van der Waals surface area contributed by atoms with E-state index in [0.717, 1.165) is 12.3 Å². The van der Waals surface area contributed by atoms with Crippen molar-refractivity contribution in [3.8, 4) is 5.75 Å². The van der Waals surface area contributed by atoms with Gasteiger partial charge in [-0.05, 0) is 38.3 Å². The molecule has 1 saturated heterocycles. The fourth-order valence-corrected chi connectivity index (χ4v) is 5.87. The first-order chi connectivity index (χ1) is 19.8. The Kier molecular flexibility index (Phi) is 9.30. The van der Waals surface area contributed by atoms with Crippen molar-refractivity contribution < 1.29 is 46.9 Å². The lowest BCUT2D eigenvalue weighted by Gasteiger charge is -2.32. The molecule has 228 valence electrons. The maximum Gasteiger partial charge on any atom is 0.459 e. The third kappa shape index (κ3) is 6.46. The van der Waals surface area contributed by atoms with Gasteiger partial charge < -0.3 is 29.9 Å². The summed E-state index contributed by atoms with van der Waals surface area (Å²) in [5.74, 6) is -0.970. The molecule has 0 radical (unpaired) electrons. The van der Waals surface area contributed by atoms with Crippen LogP contribution in [0.15, 0.2) is 59.5 Å². The number of nitrogens with two attached hydrogens (primary N) is 1.